The minimum absolute atomic E-state index is 0.0993. The second-order valence-corrected chi connectivity index (χ2v) is 8.22. The summed E-state index contributed by atoms with van der Waals surface area (Å²) in [7, 11) is -4.01. The SMILES string of the molecule is O=C(NCC1CCCNC1)c1cccc(S(=O)(=O)Nc2ccccc2F)c1. The summed E-state index contributed by atoms with van der Waals surface area (Å²) in [5, 5.41) is 6.14. The number of sulfonamides is 1. The first-order valence-electron chi connectivity index (χ1n) is 8.82. The highest BCUT2D eigenvalue weighted by atomic mass is 32.2. The van der Waals surface area contributed by atoms with Gasteiger partial charge in [-0.15, -0.1) is 0 Å². The van der Waals surface area contributed by atoms with E-state index in [1.54, 1.807) is 6.07 Å². The van der Waals surface area contributed by atoms with E-state index in [1.165, 1.54) is 42.5 Å². The third kappa shape index (κ3) is 5.05. The molecule has 6 nitrogen and oxygen atoms in total. The summed E-state index contributed by atoms with van der Waals surface area (Å²) in [5.74, 6) is -0.628. The quantitative estimate of drug-likeness (QED) is 0.705. The van der Waals surface area contributed by atoms with Crippen LogP contribution in [0.25, 0.3) is 0 Å². The van der Waals surface area contributed by atoms with Crippen LogP contribution < -0.4 is 15.4 Å². The first-order chi connectivity index (χ1) is 13.0. The lowest BCUT2D eigenvalue weighted by atomic mass is 10.00. The van der Waals surface area contributed by atoms with Crippen molar-refractivity contribution in [2.75, 3.05) is 24.4 Å². The molecule has 1 fully saturated rings. The van der Waals surface area contributed by atoms with Gasteiger partial charge in [-0.25, -0.2) is 12.8 Å². The van der Waals surface area contributed by atoms with E-state index in [-0.39, 0.29) is 22.1 Å². The van der Waals surface area contributed by atoms with E-state index in [4.69, 9.17) is 0 Å². The number of benzene rings is 2. The maximum Gasteiger partial charge on any atom is 0.262 e. The van der Waals surface area contributed by atoms with Crippen molar-refractivity contribution in [1.82, 2.24) is 10.6 Å². The van der Waals surface area contributed by atoms with Gasteiger partial charge in [0.2, 0.25) is 0 Å². The molecule has 0 bridgehead atoms. The Labute approximate surface area is 158 Å². The molecule has 1 aliphatic heterocycles. The van der Waals surface area contributed by atoms with Crippen molar-refractivity contribution in [2.24, 2.45) is 5.92 Å². The minimum atomic E-state index is -4.01. The number of nitrogens with one attached hydrogen (secondary N) is 3. The van der Waals surface area contributed by atoms with E-state index in [0.29, 0.717) is 12.5 Å². The average molecular weight is 391 g/mol. The van der Waals surface area contributed by atoms with Crippen molar-refractivity contribution in [3.8, 4) is 0 Å². The highest BCUT2D eigenvalue weighted by Gasteiger charge is 2.19. The molecular weight excluding hydrogens is 369 g/mol. The minimum Gasteiger partial charge on any atom is -0.352 e. The second-order valence-electron chi connectivity index (χ2n) is 6.54. The molecule has 3 rings (SSSR count). The monoisotopic (exact) mass is 391 g/mol. The molecule has 0 aliphatic carbocycles. The Morgan fingerprint density at radius 2 is 2.00 bits per heavy atom. The van der Waals surface area contributed by atoms with Crippen LogP contribution in [0, 0.1) is 11.7 Å². The Bertz CT molecular complexity index is 912. The largest absolute Gasteiger partial charge is 0.352 e. The standard InChI is InChI=1S/C19H22FN3O3S/c20-17-8-1-2-9-18(17)23-27(25,26)16-7-3-6-15(11-16)19(24)22-13-14-5-4-10-21-12-14/h1-3,6-9,11,14,21,23H,4-5,10,12-13H2,(H,22,24). The van der Waals surface area contributed by atoms with Crippen LogP contribution in [0.1, 0.15) is 23.2 Å². The molecule has 0 spiro atoms. The molecule has 0 saturated carbocycles. The predicted octanol–water partition coefficient (Wildman–Crippen LogP) is 2.36. The number of hydrogen-bond donors (Lipinski definition) is 3. The Hall–Kier alpha value is -2.45. The Balaban J connectivity index is 1.70. The predicted molar refractivity (Wildman–Crippen MR) is 102 cm³/mol. The molecular formula is C19H22FN3O3S. The van der Waals surface area contributed by atoms with Gasteiger partial charge in [0.15, 0.2) is 0 Å². The molecule has 1 atom stereocenters. The number of anilines is 1. The summed E-state index contributed by atoms with van der Waals surface area (Å²) in [6.07, 6.45) is 2.13. The Morgan fingerprint density at radius 3 is 2.74 bits per heavy atom. The van der Waals surface area contributed by atoms with Crippen molar-refractivity contribution in [3.63, 3.8) is 0 Å². The molecule has 0 aromatic heterocycles. The summed E-state index contributed by atoms with van der Waals surface area (Å²) >= 11 is 0. The number of amides is 1. The molecule has 1 heterocycles. The van der Waals surface area contributed by atoms with Gasteiger partial charge in [0.25, 0.3) is 15.9 Å². The van der Waals surface area contributed by atoms with Gasteiger partial charge in [-0.2, -0.15) is 0 Å². The third-order valence-corrected chi connectivity index (χ3v) is 5.84. The maximum atomic E-state index is 13.7. The molecule has 3 N–H and O–H groups in total. The Kier molecular flexibility index (Phi) is 6.08. The lowest BCUT2D eigenvalue weighted by molar-refractivity contribution is 0.0944. The number of halogens is 1. The molecule has 1 amide bonds. The third-order valence-electron chi connectivity index (χ3n) is 4.47. The molecule has 27 heavy (non-hydrogen) atoms. The summed E-state index contributed by atoms with van der Waals surface area (Å²) in [5.41, 5.74) is 0.104. The van der Waals surface area contributed by atoms with E-state index in [9.17, 15) is 17.6 Å². The summed E-state index contributed by atoms with van der Waals surface area (Å²) < 4.78 is 41.0. The van der Waals surface area contributed by atoms with Crippen molar-refractivity contribution in [1.29, 1.82) is 0 Å². The normalized spacial score (nSPS) is 17.3. The van der Waals surface area contributed by atoms with Crippen LogP contribution in [0.15, 0.2) is 53.4 Å². The fraction of sp³-hybridized carbons (Fsp3) is 0.316. The summed E-state index contributed by atoms with van der Waals surface area (Å²) in [6.45, 7) is 2.40. The zero-order valence-corrected chi connectivity index (χ0v) is 15.6. The first kappa shape index (κ1) is 19.3. The molecule has 2 aromatic carbocycles. The van der Waals surface area contributed by atoms with Crippen molar-refractivity contribution in [2.45, 2.75) is 17.7 Å². The smallest absolute Gasteiger partial charge is 0.262 e. The lowest BCUT2D eigenvalue weighted by Gasteiger charge is -2.22. The van der Waals surface area contributed by atoms with Gasteiger partial charge in [-0.1, -0.05) is 18.2 Å². The maximum absolute atomic E-state index is 13.7. The van der Waals surface area contributed by atoms with Gasteiger partial charge in [0.1, 0.15) is 5.82 Å². The number of carbonyl (C=O) groups excluding carboxylic acids is 1. The van der Waals surface area contributed by atoms with Gasteiger partial charge in [-0.05, 0) is 62.2 Å². The van der Waals surface area contributed by atoms with Crippen molar-refractivity contribution in [3.05, 3.63) is 59.9 Å². The van der Waals surface area contributed by atoms with Gasteiger partial charge in [0, 0.05) is 12.1 Å². The number of piperidine rings is 1. The fourth-order valence-corrected chi connectivity index (χ4v) is 4.10. The van der Waals surface area contributed by atoms with Crippen LogP contribution >= 0.6 is 0 Å². The zero-order chi connectivity index (χ0) is 19.3. The van der Waals surface area contributed by atoms with Crippen LogP contribution in [0.4, 0.5) is 10.1 Å². The first-order valence-corrected chi connectivity index (χ1v) is 10.3. The highest BCUT2D eigenvalue weighted by Crippen LogP contribution is 2.19. The van der Waals surface area contributed by atoms with Gasteiger partial charge < -0.3 is 10.6 Å². The topological polar surface area (TPSA) is 87.3 Å². The van der Waals surface area contributed by atoms with Crippen LogP contribution in [0.2, 0.25) is 0 Å². The number of hydrogen-bond acceptors (Lipinski definition) is 4. The van der Waals surface area contributed by atoms with Crippen molar-refractivity contribution < 1.29 is 17.6 Å². The van der Waals surface area contributed by atoms with E-state index in [0.717, 1.165) is 25.9 Å². The molecule has 0 radical (unpaired) electrons. The van der Waals surface area contributed by atoms with E-state index >= 15 is 0 Å². The number of para-hydroxylation sites is 1. The summed E-state index contributed by atoms with van der Waals surface area (Å²) in [4.78, 5) is 12.3. The lowest BCUT2D eigenvalue weighted by Crippen LogP contribution is -2.38. The molecule has 2 aromatic rings. The molecule has 144 valence electrons. The molecule has 1 unspecified atom stereocenters. The number of carbonyl (C=O) groups is 1. The van der Waals surface area contributed by atoms with Gasteiger partial charge in [-0.3, -0.25) is 9.52 Å². The molecule has 1 aliphatic rings. The van der Waals surface area contributed by atoms with E-state index < -0.39 is 15.8 Å². The molecule has 8 heteroatoms. The van der Waals surface area contributed by atoms with Gasteiger partial charge >= 0.3 is 0 Å². The van der Waals surface area contributed by atoms with Gasteiger partial charge in [0.05, 0.1) is 10.6 Å². The zero-order valence-electron chi connectivity index (χ0n) is 14.7. The second kappa shape index (κ2) is 8.49. The van der Waals surface area contributed by atoms with Crippen molar-refractivity contribution >= 4 is 21.6 Å². The van der Waals surface area contributed by atoms with E-state index in [2.05, 4.69) is 15.4 Å². The average Bonchev–Trinajstić information content (AvgIpc) is 2.69. The molecule has 1 saturated heterocycles. The van der Waals surface area contributed by atoms with Crippen LogP contribution in [-0.2, 0) is 10.0 Å². The van der Waals surface area contributed by atoms with Crippen LogP contribution in [0.5, 0.6) is 0 Å². The van der Waals surface area contributed by atoms with Crippen LogP contribution in [-0.4, -0.2) is 34.0 Å². The highest BCUT2D eigenvalue weighted by molar-refractivity contribution is 7.92. The van der Waals surface area contributed by atoms with E-state index in [1.807, 2.05) is 0 Å². The summed E-state index contributed by atoms with van der Waals surface area (Å²) in [6, 6.07) is 11.2. The van der Waals surface area contributed by atoms with Crippen LogP contribution in [0.3, 0.4) is 0 Å². The Morgan fingerprint density at radius 1 is 1.19 bits per heavy atom. The number of rotatable bonds is 6. The fourth-order valence-electron chi connectivity index (χ4n) is 2.99.